The lowest BCUT2D eigenvalue weighted by molar-refractivity contribution is -0.209. The third-order valence-electron chi connectivity index (χ3n) is 3.87. The van der Waals surface area contributed by atoms with Crippen LogP contribution in [-0.4, -0.2) is 77.2 Å². The number of epoxide rings is 1. The molecule has 3 aliphatic heterocycles. The third kappa shape index (κ3) is 3.94. The molecule has 0 aromatic heterocycles. The number of nitrogens with zero attached hydrogens (tertiary/aromatic N) is 3. The fourth-order valence-corrected chi connectivity index (χ4v) is 2.60. The molecule has 0 saturated carbocycles. The van der Waals surface area contributed by atoms with Crippen molar-refractivity contribution >= 4 is 29.7 Å². The SMILES string of the molecule is CN(CC(=O)ON1C(=O)CCC1=O)CC(=O)ON1C(=O)CCC2OC21. The van der Waals surface area contributed by atoms with E-state index in [0.717, 1.165) is 5.06 Å². The van der Waals surface area contributed by atoms with Crippen LogP contribution in [0.3, 0.4) is 0 Å². The number of imide groups is 1. The number of fused-ring (bicyclic) bond motifs is 1. The van der Waals surface area contributed by atoms with E-state index in [9.17, 15) is 24.0 Å². The Morgan fingerprint density at radius 3 is 2.28 bits per heavy atom. The van der Waals surface area contributed by atoms with Crippen LogP contribution in [0, 0.1) is 0 Å². The van der Waals surface area contributed by atoms with Gasteiger partial charge >= 0.3 is 11.9 Å². The van der Waals surface area contributed by atoms with Gasteiger partial charge in [0, 0.05) is 19.3 Å². The lowest BCUT2D eigenvalue weighted by atomic mass is 10.1. The van der Waals surface area contributed by atoms with Crippen molar-refractivity contribution in [2.24, 2.45) is 0 Å². The molecule has 136 valence electrons. The zero-order chi connectivity index (χ0) is 18.1. The summed E-state index contributed by atoms with van der Waals surface area (Å²) in [6.45, 7) is -0.638. The molecular formula is C14H17N3O8. The molecule has 3 saturated heterocycles. The fourth-order valence-electron chi connectivity index (χ4n) is 2.60. The van der Waals surface area contributed by atoms with Gasteiger partial charge in [0.2, 0.25) is 0 Å². The monoisotopic (exact) mass is 355 g/mol. The van der Waals surface area contributed by atoms with Crippen LogP contribution in [0.15, 0.2) is 0 Å². The molecular weight excluding hydrogens is 338 g/mol. The van der Waals surface area contributed by atoms with Crippen molar-refractivity contribution in [2.75, 3.05) is 20.1 Å². The molecule has 25 heavy (non-hydrogen) atoms. The Bertz CT molecular complexity index is 620. The Balaban J connectivity index is 1.42. The third-order valence-corrected chi connectivity index (χ3v) is 3.87. The molecule has 0 spiro atoms. The number of hydrogen-bond donors (Lipinski definition) is 0. The summed E-state index contributed by atoms with van der Waals surface area (Å²) in [6.07, 6.45) is 0.248. The van der Waals surface area contributed by atoms with Crippen molar-refractivity contribution in [1.29, 1.82) is 0 Å². The lowest BCUT2D eigenvalue weighted by Crippen LogP contribution is -2.43. The van der Waals surface area contributed by atoms with Gasteiger partial charge in [-0.2, -0.15) is 0 Å². The minimum absolute atomic E-state index is 0.00235. The summed E-state index contributed by atoms with van der Waals surface area (Å²) in [7, 11) is 1.45. The van der Waals surface area contributed by atoms with Crippen molar-refractivity contribution < 1.29 is 38.4 Å². The van der Waals surface area contributed by atoms with E-state index in [1.54, 1.807) is 0 Å². The molecule has 3 fully saturated rings. The van der Waals surface area contributed by atoms with E-state index in [1.807, 2.05) is 0 Å². The molecule has 0 bridgehead atoms. The molecule has 3 heterocycles. The maximum absolute atomic E-state index is 11.9. The van der Waals surface area contributed by atoms with Crippen molar-refractivity contribution in [3.05, 3.63) is 0 Å². The van der Waals surface area contributed by atoms with Gasteiger partial charge in [-0.3, -0.25) is 19.3 Å². The summed E-state index contributed by atoms with van der Waals surface area (Å²) in [5.74, 6) is -3.10. The van der Waals surface area contributed by atoms with E-state index in [2.05, 4.69) is 0 Å². The molecule has 3 aliphatic rings. The van der Waals surface area contributed by atoms with E-state index in [1.165, 1.54) is 11.9 Å². The van der Waals surface area contributed by atoms with Crippen LogP contribution in [0.4, 0.5) is 0 Å². The average molecular weight is 355 g/mol. The Morgan fingerprint density at radius 2 is 1.64 bits per heavy atom. The summed E-state index contributed by atoms with van der Waals surface area (Å²) in [5, 5.41) is 1.36. The van der Waals surface area contributed by atoms with Gasteiger partial charge in [-0.05, 0) is 13.5 Å². The second kappa shape index (κ2) is 6.76. The predicted octanol–water partition coefficient (Wildman–Crippen LogP) is -1.67. The summed E-state index contributed by atoms with van der Waals surface area (Å²) in [5.41, 5.74) is 0. The maximum atomic E-state index is 11.9. The quantitative estimate of drug-likeness (QED) is 0.406. The first-order chi connectivity index (χ1) is 11.8. The van der Waals surface area contributed by atoms with Gasteiger partial charge in [-0.1, -0.05) is 0 Å². The molecule has 11 heteroatoms. The largest absolute Gasteiger partial charge is 0.347 e. The van der Waals surface area contributed by atoms with Gasteiger partial charge in [0.05, 0.1) is 13.1 Å². The highest BCUT2D eigenvalue weighted by molar-refractivity contribution is 6.01. The van der Waals surface area contributed by atoms with Crippen LogP contribution in [0.5, 0.6) is 0 Å². The summed E-state index contributed by atoms with van der Waals surface area (Å²) >= 11 is 0. The van der Waals surface area contributed by atoms with E-state index >= 15 is 0 Å². The number of likely N-dealkylation sites (N-methyl/N-ethyl adjacent to an activating group) is 1. The van der Waals surface area contributed by atoms with E-state index in [-0.39, 0.29) is 44.4 Å². The van der Waals surface area contributed by atoms with Crippen LogP contribution in [0.25, 0.3) is 0 Å². The lowest BCUT2D eigenvalue weighted by Gasteiger charge is -2.23. The van der Waals surface area contributed by atoms with Gasteiger partial charge in [-0.25, -0.2) is 9.59 Å². The molecule has 3 amide bonds. The second-order valence-corrected chi connectivity index (χ2v) is 6.00. The van der Waals surface area contributed by atoms with Crippen molar-refractivity contribution in [3.63, 3.8) is 0 Å². The fraction of sp³-hybridized carbons (Fsp3) is 0.643. The van der Waals surface area contributed by atoms with E-state index in [4.69, 9.17) is 14.4 Å². The highest BCUT2D eigenvalue weighted by Gasteiger charge is 2.51. The minimum Gasteiger partial charge on any atom is -0.344 e. The Labute approximate surface area is 142 Å². The highest BCUT2D eigenvalue weighted by Crippen LogP contribution is 2.35. The number of hydrogen-bond acceptors (Lipinski definition) is 9. The van der Waals surface area contributed by atoms with Crippen LogP contribution < -0.4 is 0 Å². The predicted molar refractivity (Wildman–Crippen MR) is 75.5 cm³/mol. The van der Waals surface area contributed by atoms with Crippen LogP contribution in [-0.2, 0) is 38.4 Å². The number of carbonyl (C=O) groups is 5. The Hall–Kier alpha value is -2.53. The molecule has 3 rings (SSSR count). The number of amides is 3. The van der Waals surface area contributed by atoms with Crippen LogP contribution in [0.2, 0.25) is 0 Å². The molecule has 0 aromatic rings. The number of hydroxylamine groups is 4. The van der Waals surface area contributed by atoms with Gasteiger partial charge in [0.15, 0.2) is 6.23 Å². The van der Waals surface area contributed by atoms with Crippen molar-refractivity contribution in [1.82, 2.24) is 15.0 Å². The first-order valence-corrected chi connectivity index (χ1v) is 7.78. The molecule has 0 radical (unpaired) electrons. The topological polar surface area (TPSA) is 126 Å². The first-order valence-electron chi connectivity index (χ1n) is 7.78. The highest BCUT2D eigenvalue weighted by atomic mass is 16.8. The van der Waals surface area contributed by atoms with Crippen LogP contribution in [0.1, 0.15) is 25.7 Å². The van der Waals surface area contributed by atoms with Gasteiger partial charge in [0.1, 0.15) is 6.10 Å². The smallest absolute Gasteiger partial charge is 0.344 e. The van der Waals surface area contributed by atoms with Gasteiger partial charge in [-0.15, -0.1) is 10.1 Å². The summed E-state index contributed by atoms with van der Waals surface area (Å²) in [6, 6.07) is 0. The molecule has 0 aromatic carbocycles. The molecule has 11 nitrogen and oxygen atoms in total. The zero-order valence-corrected chi connectivity index (χ0v) is 13.5. The molecule has 2 atom stereocenters. The van der Waals surface area contributed by atoms with Crippen molar-refractivity contribution in [3.8, 4) is 0 Å². The van der Waals surface area contributed by atoms with Crippen LogP contribution >= 0.6 is 0 Å². The standard InChI is InChI=1S/C14H17N3O8/c1-15(6-12(21)24-16-9(18)4-5-10(16)19)7-13(22)25-17-11(20)3-2-8-14(17)23-8/h8,14H,2-7H2,1H3. The number of carbonyl (C=O) groups excluding carboxylic acids is 5. The molecule has 0 aliphatic carbocycles. The Morgan fingerprint density at radius 1 is 1.04 bits per heavy atom. The van der Waals surface area contributed by atoms with Gasteiger partial charge in [0.25, 0.3) is 17.7 Å². The van der Waals surface area contributed by atoms with E-state index < -0.39 is 30.0 Å². The van der Waals surface area contributed by atoms with E-state index in [0.29, 0.717) is 11.5 Å². The summed E-state index contributed by atoms with van der Waals surface area (Å²) in [4.78, 5) is 69.0. The van der Waals surface area contributed by atoms with Crippen molar-refractivity contribution in [2.45, 2.75) is 38.0 Å². The van der Waals surface area contributed by atoms with Gasteiger partial charge < -0.3 is 14.4 Å². The summed E-state index contributed by atoms with van der Waals surface area (Å²) < 4.78 is 5.20. The number of piperidine rings is 1. The Kier molecular flexibility index (Phi) is 4.68. The molecule has 0 N–H and O–H groups in total. The second-order valence-electron chi connectivity index (χ2n) is 6.00. The average Bonchev–Trinajstić information content (AvgIpc) is 3.26. The first kappa shape index (κ1) is 17.3. The minimum atomic E-state index is -0.862. The normalized spacial score (nSPS) is 25.3. The zero-order valence-electron chi connectivity index (χ0n) is 13.5. The number of ether oxygens (including phenoxy) is 1. The maximum Gasteiger partial charge on any atom is 0.347 e. The number of rotatable bonds is 6. The molecule has 2 unspecified atom stereocenters.